The van der Waals surface area contributed by atoms with Crippen LogP contribution in [0.25, 0.3) is 0 Å². The highest BCUT2D eigenvalue weighted by Gasteiger charge is 2.11. The largest absolute Gasteiger partial charge is 0.475 e. The van der Waals surface area contributed by atoms with Gasteiger partial charge in [0.1, 0.15) is 5.82 Å². The Bertz CT molecular complexity index is 349. The summed E-state index contributed by atoms with van der Waals surface area (Å²) in [6.45, 7) is 5.93. The van der Waals surface area contributed by atoms with Gasteiger partial charge in [0, 0.05) is 19.3 Å². The lowest BCUT2D eigenvalue weighted by molar-refractivity contribution is 0.0683. The van der Waals surface area contributed by atoms with Crippen molar-refractivity contribution in [2.24, 2.45) is 0 Å². The van der Waals surface area contributed by atoms with Crippen LogP contribution in [0, 0.1) is 0 Å². The second-order valence-corrected chi connectivity index (χ2v) is 3.53. The third-order valence-corrected chi connectivity index (χ3v) is 2.14. The number of hydrogen-bond acceptors (Lipinski definition) is 4. The van der Waals surface area contributed by atoms with Crippen molar-refractivity contribution in [2.75, 3.05) is 18.0 Å². The van der Waals surface area contributed by atoms with E-state index in [9.17, 15) is 4.79 Å². The third-order valence-electron chi connectivity index (χ3n) is 2.14. The summed E-state index contributed by atoms with van der Waals surface area (Å²) < 4.78 is 0. The molecule has 0 aliphatic heterocycles. The summed E-state index contributed by atoms with van der Waals surface area (Å²) in [7, 11) is 0. The molecule has 1 heterocycles. The molecule has 0 saturated carbocycles. The van der Waals surface area contributed by atoms with Gasteiger partial charge in [-0.05, 0) is 18.9 Å². The minimum Gasteiger partial charge on any atom is -0.475 e. The fourth-order valence-corrected chi connectivity index (χ4v) is 1.51. The lowest BCUT2D eigenvalue weighted by atomic mass is 10.3. The van der Waals surface area contributed by atoms with E-state index in [0.717, 1.165) is 25.9 Å². The van der Waals surface area contributed by atoms with E-state index in [-0.39, 0.29) is 5.82 Å². The van der Waals surface area contributed by atoms with E-state index >= 15 is 0 Å². The molecule has 16 heavy (non-hydrogen) atoms. The molecule has 1 aromatic heterocycles. The fourth-order valence-electron chi connectivity index (χ4n) is 1.51. The van der Waals surface area contributed by atoms with Gasteiger partial charge in [0.05, 0.1) is 0 Å². The van der Waals surface area contributed by atoms with E-state index in [2.05, 4.69) is 28.7 Å². The van der Waals surface area contributed by atoms with Crippen LogP contribution in [-0.2, 0) is 0 Å². The van der Waals surface area contributed by atoms with Gasteiger partial charge in [-0.3, -0.25) is 0 Å². The summed E-state index contributed by atoms with van der Waals surface area (Å²) in [5.74, 6) is -0.541. The van der Waals surface area contributed by atoms with Crippen molar-refractivity contribution in [2.45, 2.75) is 26.7 Å². The Balaban J connectivity index is 2.90. The van der Waals surface area contributed by atoms with Crippen molar-refractivity contribution in [3.63, 3.8) is 0 Å². The van der Waals surface area contributed by atoms with E-state index in [4.69, 9.17) is 5.11 Å². The number of carboxylic acid groups (broad SMARTS) is 1. The molecule has 0 atom stereocenters. The molecule has 0 unspecified atom stereocenters. The smallest absolute Gasteiger partial charge is 0.374 e. The monoisotopic (exact) mass is 223 g/mol. The molecule has 0 fully saturated rings. The highest BCUT2D eigenvalue weighted by Crippen LogP contribution is 2.11. The first kappa shape index (κ1) is 12.4. The lowest BCUT2D eigenvalue weighted by Gasteiger charge is -2.22. The quantitative estimate of drug-likeness (QED) is 0.796. The van der Waals surface area contributed by atoms with Gasteiger partial charge in [-0.1, -0.05) is 13.8 Å². The highest BCUT2D eigenvalue weighted by molar-refractivity contribution is 5.83. The Hall–Kier alpha value is -1.65. The van der Waals surface area contributed by atoms with E-state index in [1.807, 2.05) is 0 Å². The molecule has 0 aromatic carbocycles. The maximum absolute atomic E-state index is 10.7. The first-order valence-electron chi connectivity index (χ1n) is 5.50. The third kappa shape index (κ3) is 3.18. The van der Waals surface area contributed by atoms with Crippen molar-refractivity contribution in [3.8, 4) is 0 Å². The summed E-state index contributed by atoms with van der Waals surface area (Å²) in [5, 5.41) is 8.81. The lowest BCUT2D eigenvalue weighted by Crippen LogP contribution is -2.26. The van der Waals surface area contributed by atoms with Crippen LogP contribution < -0.4 is 4.90 Å². The van der Waals surface area contributed by atoms with Crippen LogP contribution in [-0.4, -0.2) is 34.1 Å². The van der Waals surface area contributed by atoms with Gasteiger partial charge in [-0.25, -0.2) is 14.8 Å². The van der Waals surface area contributed by atoms with E-state index < -0.39 is 5.97 Å². The number of aromatic nitrogens is 2. The molecule has 0 aliphatic rings. The van der Waals surface area contributed by atoms with Crippen molar-refractivity contribution in [1.82, 2.24) is 9.97 Å². The van der Waals surface area contributed by atoms with Crippen LogP contribution in [0.1, 0.15) is 37.3 Å². The molecule has 88 valence electrons. The van der Waals surface area contributed by atoms with Gasteiger partial charge in [-0.15, -0.1) is 0 Å². The first-order chi connectivity index (χ1) is 7.69. The molecule has 5 nitrogen and oxygen atoms in total. The maximum Gasteiger partial charge on any atom is 0.374 e. The molecular weight excluding hydrogens is 206 g/mol. The van der Waals surface area contributed by atoms with Gasteiger partial charge in [0.2, 0.25) is 5.82 Å². The Labute approximate surface area is 95.1 Å². The number of carboxylic acids is 1. The van der Waals surface area contributed by atoms with Gasteiger partial charge in [0.25, 0.3) is 0 Å². The Morgan fingerprint density at radius 1 is 1.38 bits per heavy atom. The highest BCUT2D eigenvalue weighted by atomic mass is 16.4. The van der Waals surface area contributed by atoms with Crippen LogP contribution in [0.5, 0.6) is 0 Å². The van der Waals surface area contributed by atoms with E-state index in [1.165, 1.54) is 6.20 Å². The predicted molar refractivity (Wildman–Crippen MR) is 61.8 cm³/mol. The zero-order chi connectivity index (χ0) is 12.0. The van der Waals surface area contributed by atoms with E-state index in [0.29, 0.717) is 5.82 Å². The predicted octanol–water partition coefficient (Wildman–Crippen LogP) is 1.80. The average molecular weight is 223 g/mol. The Kier molecular flexibility index (Phi) is 4.69. The molecule has 0 aliphatic carbocycles. The van der Waals surface area contributed by atoms with E-state index in [1.54, 1.807) is 6.07 Å². The standard InChI is InChI=1S/C11H17N3O2/c1-3-7-14(8-4-2)9-5-6-12-10(13-9)11(15)16/h5-6H,3-4,7-8H2,1-2H3,(H,15,16). The molecule has 0 radical (unpaired) electrons. The second kappa shape index (κ2) is 6.05. The number of rotatable bonds is 6. The second-order valence-electron chi connectivity index (χ2n) is 3.53. The van der Waals surface area contributed by atoms with Crippen LogP contribution in [0.2, 0.25) is 0 Å². The summed E-state index contributed by atoms with van der Waals surface area (Å²) >= 11 is 0. The van der Waals surface area contributed by atoms with Crippen molar-refractivity contribution in [3.05, 3.63) is 18.1 Å². The summed E-state index contributed by atoms with van der Waals surface area (Å²) in [4.78, 5) is 20.6. The minimum absolute atomic E-state index is 0.144. The van der Waals surface area contributed by atoms with Gasteiger partial charge < -0.3 is 10.0 Å². The zero-order valence-electron chi connectivity index (χ0n) is 9.68. The zero-order valence-corrected chi connectivity index (χ0v) is 9.68. The summed E-state index contributed by atoms with van der Waals surface area (Å²) in [6.07, 6.45) is 3.50. The van der Waals surface area contributed by atoms with Gasteiger partial charge in [-0.2, -0.15) is 0 Å². The van der Waals surface area contributed by atoms with Crippen molar-refractivity contribution >= 4 is 11.8 Å². The van der Waals surface area contributed by atoms with Crippen LogP contribution in [0.4, 0.5) is 5.82 Å². The fraction of sp³-hybridized carbons (Fsp3) is 0.545. The van der Waals surface area contributed by atoms with Crippen LogP contribution >= 0.6 is 0 Å². The van der Waals surface area contributed by atoms with Crippen LogP contribution in [0.3, 0.4) is 0 Å². The minimum atomic E-state index is -1.09. The topological polar surface area (TPSA) is 66.3 Å². The molecule has 0 bridgehead atoms. The van der Waals surface area contributed by atoms with Gasteiger partial charge >= 0.3 is 5.97 Å². The molecule has 0 spiro atoms. The van der Waals surface area contributed by atoms with Crippen LogP contribution in [0.15, 0.2) is 12.3 Å². The molecule has 0 saturated heterocycles. The Morgan fingerprint density at radius 3 is 2.50 bits per heavy atom. The van der Waals surface area contributed by atoms with Crippen molar-refractivity contribution < 1.29 is 9.90 Å². The van der Waals surface area contributed by atoms with Crippen molar-refractivity contribution in [1.29, 1.82) is 0 Å². The Morgan fingerprint density at radius 2 is 2.00 bits per heavy atom. The first-order valence-corrected chi connectivity index (χ1v) is 5.50. The number of nitrogens with zero attached hydrogens (tertiary/aromatic N) is 3. The number of hydrogen-bond donors (Lipinski definition) is 1. The normalized spacial score (nSPS) is 10.1. The maximum atomic E-state index is 10.7. The number of anilines is 1. The number of carbonyl (C=O) groups is 1. The number of aromatic carboxylic acids is 1. The molecule has 1 rings (SSSR count). The molecule has 1 N–H and O–H groups in total. The molecular formula is C11H17N3O2. The molecule has 0 amide bonds. The summed E-state index contributed by atoms with van der Waals surface area (Å²) in [6, 6.07) is 1.75. The molecule has 5 heteroatoms. The average Bonchev–Trinajstić information content (AvgIpc) is 2.29. The van der Waals surface area contributed by atoms with Gasteiger partial charge in [0.15, 0.2) is 0 Å². The SMILES string of the molecule is CCCN(CCC)c1ccnc(C(=O)O)n1. The molecule has 1 aromatic rings. The summed E-state index contributed by atoms with van der Waals surface area (Å²) in [5.41, 5.74) is 0.